The highest BCUT2D eigenvalue weighted by Crippen LogP contribution is 2.41. The van der Waals surface area contributed by atoms with Crippen LogP contribution in [0, 0.1) is 11.3 Å². The molecule has 4 rings (SSSR count). The summed E-state index contributed by atoms with van der Waals surface area (Å²) in [6.45, 7) is 6.85. The van der Waals surface area contributed by atoms with E-state index in [-0.39, 0.29) is 5.41 Å². The number of rotatable bonds is 3. The summed E-state index contributed by atoms with van der Waals surface area (Å²) in [7, 11) is -3.54. The van der Waals surface area contributed by atoms with Gasteiger partial charge in [0.15, 0.2) is 0 Å². The standard InChI is InChI=1S/C20H23NO3S2/c1-20(2,3)13-6-8-17-15(11-13)16-12-14(7-9-18(16)24-17)21-26(22,23)19-5-4-10-25-19/h4-5,7,9-10,12-13,21H,6,8,11H2,1-3H3/t13-/m0/s1. The van der Waals surface area contributed by atoms with Gasteiger partial charge in [0.25, 0.3) is 10.0 Å². The Hall–Kier alpha value is -1.79. The second-order valence-electron chi connectivity index (χ2n) is 8.06. The molecule has 1 N–H and O–H groups in total. The van der Waals surface area contributed by atoms with Crippen molar-refractivity contribution < 1.29 is 12.8 Å². The van der Waals surface area contributed by atoms with Gasteiger partial charge in [0.05, 0.1) is 0 Å². The van der Waals surface area contributed by atoms with Crippen molar-refractivity contribution in [1.29, 1.82) is 0 Å². The Morgan fingerprint density at radius 1 is 1.23 bits per heavy atom. The van der Waals surface area contributed by atoms with Gasteiger partial charge in [-0.1, -0.05) is 26.8 Å². The number of hydrogen-bond donors (Lipinski definition) is 1. The minimum atomic E-state index is -3.54. The third-order valence-corrected chi connectivity index (χ3v) is 8.06. The lowest BCUT2D eigenvalue weighted by atomic mass is 9.71. The molecule has 0 unspecified atom stereocenters. The van der Waals surface area contributed by atoms with Crippen molar-refractivity contribution >= 4 is 38.0 Å². The maximum absolute atomic E-state index is 12.5. The molecule has 2 aromatic heterocycles. The molecule has 0 bridgehead atoms. The first-order chi connectivity index (χ1) is 12.2. The number of furan rings is 1. The van der Waals surface area contributed by atoms with Crippen LogP contribution in [0.25, 0.3) is 11.0 Å². The van der Waals surface area contributed by atoms with Crippen LogP contribution in [0.1, 0.15) is 38.5 Å². The lowest BCUT2D eigenvalue weighted by Gasteiger charge is -2.33. The molecule has 4 nitrogen and oxygen atoms in total. The smallest absolute Gasteiger partial charge is 0.271 e. The molecule has 3 aromatic rings. The summed E-state index contributed by atoms with van der Waals surface area (Å²) < 4.78 is 34.0. The molecule has 0 fully saturated rings. The highest BCUT2D eigenvalue weighted by molar-refractivity contribution is 7.94. The minimum absolute atomic E-state index is 0.250. The molecule has 0 radical (unpaired) electrons. The van der Waals surface area contributed by atoms with Crippen LogP contribution in [0.2, 0.25) is 0 Å². The van der Waals surface area contributed by atoms with Gasteiger partial charge in [0.2, 0.25) is 0 Å². The first-order valence-corrected chi connectivity index (χ1v) is 11.2. The summed E-state index contributed by atoms with van der Waals surface area (Å²) in [5, 5.41) is 2.79. The van der Waals surface area contributed by atoms with Crippen molar-refractivity contribution in [3.63, 3.8) is 0 Å². The van der Waals surface area contributed by atoms with Gasteiger partial charge in [-0.15, -0.1) is 11.3 Å². The summed E-state index contributed by atoms with van der Waals surface area (Å²) >= 11 is 1.21. The molecule has 26 heavy (non-hydrogen) atoms. The number of sulfonamides is 1. The fourth-order valence-corrected chi connectivity index (χ4v) is 5.75. The zero-order valence-electron chi connectivity index (χ0n) is 15.2. The van der Waals surface area contributed by atoms with Crippen LogP contribution in [-0.2, 0) is 22.9 Å². The monoisotopic (exact) mass is 389 g/mol. The van der Waals surface area contributed by atoms with Gasteiger partial charge in [-0.3, -0.25) is 4.72 Å². The van der Waals surface area contributed by atoms with E-state index in [0.717, 1.165) is 36.0 Å². The molecule has 0 saturated heterocycles. The molecule has 1 aromatic carbocycles. The largest absolute Gasteiger partial charge is 0.461 e. The second kappa shape index (κ2) is 6.13. The summed E-state index contributed by atoms with van der Waals surface area (Å²) in [6.07, 6.45) is 3.06. The van der Waals surface area contributed by atoms with Gasteiger partial charge < -0.3 is 4.42 Å². The van der Waals surface area contributed by atoms with Crippen LogP contribution in [0.4, 0.5) is 5.69 Å². The Morgan fingerprint density at radius 2 is 2.04 bits per heavy atom. The molecule has 1 aliphatic rings. The normalized spacial score (nSPS) is 18.0. The van der Waals surface area contributed by atoms with E-state index >= 15 is 0 Å². The third-order valence-electron chi connectivity index (χ3n) is 5.28. The van der Waals surface area contributed by atoms with E-state index in [2.05, 4.69) is 25.5 Å². The predicted octanol–water partition coefficient (Wildman–Crippen LogP) is 5.45. The Bertz CT molecular complexity index is 1040. The average molecular weight is 390 g/mol. The van der Waals surface area contributed by atoms with Crippen molar-refractivity contribution in [1.82, 2.24) is 0 Å². The van der Waals surface area contributed by atoms with Crippen LogP contribution in [0.5, 0.6) is 0 Å². The van der Waals surface area contributed by atoms with Gasteiger partial charge in [-0.25, -0.2) is 8.42 Å². The third kappa shape index (κ3) is 3.16. The Morgan fingerprint density at radius 3 is 2.73 bits per heavy atom. The number of aryl methyl sites for hydroxylation is 1. The molecule has 1 atom stereocenters. The summed E-state index contributed by atoms with van der Waals surface area (Å²) in [5.74, 6) is 1.65. The van der Waals surface area contributed by atoms with Crippen molar-refractivity contribution in [2.24, 2.45) is 11.3 Å². The van der Waals surface area contributed by atoms with Gasteiger partial charge in [-0.05, 0) is 53.8 Å². The maximum atomic E-state index is 12.5. The van der Waals surface area contributed by atoms with E-state index in [1.807, 2.05) is 12.1 Å². The van der Waals surface area contributed by atoms with E-state index in [0.29, 0.717) is 15.8 Å². The number of hydrogen-bond acceptors (Lipinski definition) is 4. The van der Waals surface area contributed by atoms with Crippen molar-refractivity contribution in [3.05, 3.63) is 47.0 Å². The lowest BCUT2D eigenvalue weighted by molar-refractivity contribution is 0.210. The summed E-state index contributed by atoms with van der Waals surface area (Å²) in [5.41, 5.74) is 2.90. The second-order valence-corrected chi connectivity index (χ2v) is 10.9. The molecule has 0 spiro atoms. The maximum Gasteiger partial charge on any atom is 0.271 e. The number of nitrogens with one attached hydrogen (secondary N) is 1. The van der Waals surface area contributed by atoms with Crippen molar-refractivity contribution in [2.75, 3.05) is 4.72 Å². The van der Waals surface area contributed by atoms with Crippen LogP contribution < -0.4 is 4.72 Å². The number of anilines is 1. The molecule has 0 amide bonds. The number of benzene rings is 1. The van der Waals surface area contributed by atoms with Gasteiger partial charge in [0.1, 0.15) is 15.6 Å². The zero-order chi connectivity index (χ0) is 18.5. The highest BCUT2D eigenvalue weighted by atomic mass is 32.2. The Balaban J connectivity index is 1.70. The van der Waals surface area contributed by atoms with Crippen LogP contribution >= 0.6 is 11.3 Å². The number of fused-ring (bicyclic) bond motifs is 3. The Kier molecular flexibility index (Phi) is 4.15. The molecule has 0 aliphatic heterocycles. The van der Waals surface area contributed by atoms with Crippen molar-refractivity contribution in [2.45, 2.75) is 44.2 Å². The average Bonchev–Trinajstić information content (AvgIpc) is 3.21. The van der Waals surface area contributed by atoms with Crippen LogP contribution in [-0.4, -0.2) is 8.42 Å². The highest BCUT2D eigenvalue weighted by Gasteiger charge is 2.31. The van der Waals surface area contributed by atoms with Crippen molar-refractivity contribution in [3.8, 4) is 0 Å². The van der Waals surface area contributed by atoms with E-state index < -0.39 is 10.0 Å². The predicted molar refractivity (Wildman–Crippen MR) is 106 cm³/mol. The topological polar surface area (TPSA) is 59.3 Å². The molecule has 1 aliphatic carbocycles. The van der Waals surface area contributed by atoms with Gasteiger partial charge in [0, 0.05) is 23.1 Å². The lowest BCUT2D eigenvalue weighted by Crippen LogP contribution is -2.26. The van der Waals surface area contributed by atoms with E-state index in [1.165, 1.54) is 16.9 Å². The molecule has 138 valence electrons. The fourth-order valence-electron chi connectivity index (χ4n) is 3.70. The van der Waals surface area contributed by atoms with Gasteiger partial charge >= 0.3 is 0 Å². The molecule has 0 saturated carbocycles. The van der Waals surface area contributed by atoms with Crippen LogP contribution in [0.15, 0.2) is 44.3 Å². The van der Waals surface area contributed by atoms with E-state index in [1.54, 1.807) is 23.6 Å². The first-order valence-electron chi connectivity index (χ1n) is 8.85. The first kappa shape index (κ1) is 17.6. The minimum Gasteiger partial charge on any atom is -0.461 e. The molecule has 2 heterocycles. The van der Waals surface area contributed by atoms with E-state index in [4.69, 9.17) is 4.42 Å². The Labute approximate surface area is 158 Å². The SMILES string of the molecule is CC(C)(C)[C@H]1CCc2oc3ccc(NS(=O)(=O)c4cccs4)cc3c2C1. The zero-order valence-corrected chi connectivity index (χ0v) is 16.8. The summed E-state index contributed by atoms with van der Waals surface area (Å²) in [6, 6.07) is 8.89. The molecule has 6 heteroatoms. The van der Waals surface area contributed by atoms with Crippen LogP contribution in [0.3, 0.4) is 0 Å². The number of thiophene rings is 1. The molecular weight excluding hydrogens is 366 g/mol. The van der Waals surface area contributed by atoms with E-state index in [9.17, 15) is 8.42 Å². The quantitative estimate of drug-likeness (QED) is 0.648. The van der Waals surface area contributed by atoms with Gasteiger partial charge in [-0.2, -0.15) is 0 Å². The summed E-state index contributed by atoms with van der Waals surface area (Å²) in [4.78, 5) is 0. The molecular formula is C20H23NO3S2. The fraction of sp³-hybridized carbons (Fsp3) is 0.400.